The molecule has 0 heterocycles. The summed E-state index contributed by atoms with van der Waals surface area (Å²) in [6, 6.07) is -1.54. The molecule has 19 heavy (non-hydrogen) atoms. The van der Waals surface area contributed by atoms with Gasteiger partial charge in [0.25, 0.3) is 5.91 Å². The van der Waals surface area contributed by atoms with Crippen LogP contribution in [0.3, 0.4) is 0 Å². The summed E-state index contributed by atoms with van der Waals surface area (Å²) in [4.78, 5) is 33.6. The molecule has 8 heteroatoms. The molecule has 0 aliphatic heterocycles. The molecule has 0 radical (unpaired) electrons. The summed E-state index contributed by atoms with van der Waals surface area (Å²) in [5, 5.41) is 38.7. The average Bonchev–Trinajstić information content (AvgIpc) is 3.25. The lowest BCUT2D eigenvalue weighted by Crippen LogP contribution is -2.54. The lowest BCUT2D eigenvalue weighted by molar-refractivity contribution is -0.141. The Morgan fingerprint density at radius 1 is 1.21 bits per heavy atom. The van der Waals surface area contributed by atoms with Gasteiger partial charge in [0, 0.05) is 5.92 Å². The van der Waals surface area contributed by atoms with Gasteiger partial charge in [-0.25, -0.2) is 0 Å². The Bertz CT molecular complexity index is 355. The van der Waals surface area contributed by atoms with Crippen LogP contribution in [0.1, 0.15) is 12.8 Å². The normalized spacial score (nSPS) is 21.1. The van der Waals surface area contributed by atoms with Gasteiger partial charge in [-0.1, -0.05) is 0 Å². The van der Waals surface area contributed by atoms with Gasteiger partial charge in [-0.05, 0) is 12.8 Å². The van der Waals surface area contributed by atoms with Gasteiger partial charge < -0.3 is 30.5 Å². The molecule has 1 aliphatic carbocycles. The largest absolute Gasteiger partial charge is 0.394 e. The van der Waals surface area contributed by atoms with Crippen LogP contribution in [-0.2, 0) is 14.4 Å². The molecule has 1 rings (SSSR count). The Morgan fingerprint density at radius 3 is 2.21 bits per heavy atom. The van der Waals surface area contributed by atoms with Crippen molar-refractivity contribution in [1.82, 2.24) is 5.32 Å². The highest BCUT2D eigenvalue weighted by atomic mass is 16.4. The molecule has 5 N–H and O–H groups in total. The second-order valence-electron chi connectivity index (χ2n) is 4.50. The third-order valence-electron chi connectivity index (χ3n) is 2.92. The number of rotatable bonds is 8. The van der Waals surface area contributed by atoms with Crippen molar-refractivity contribution in [3.8, 4) is 0 Å². The van der Waals surface area contributed by atoms with Crippen molar-refractivity contribution in [2.75, 3.05) is 6.61 Å². The maximum absolute atomic E-state index is 11.4. The number of aldehydes is 1. The first-order chi connectivity index (χ1) is 8.92. The summed E-state index contributed by atoms with van der Waals surface area (Å²) in [5.41, 5.74) is 0. The Balaban J connectivity index is 2.58. The maximum Gasteiger partial charge on any atom is 0.288 e. The van der Waals surface area contributed by atoms with Crippen molar-refractivity contribution >= 4 is 18.0 Å². The minimum absolute atomic E-state index is 0.149. The fraction of sp³-hybridized carbons (Fsp3) is 0.727. The highest BCUT2D eigenvalue weighted by Gasteiger charge is 2.37. The molecule has 4 atom stereocenters. The summed E-state index contributed by atoms with van der Waals surface area (Å²) in [6.07, 6.45) is -3.92. The quantitative estimate of drug-likeness (QED) is 0.231. The van der Waals surface area contributed by atoms with Gasteiger partial charge in [-0.2, -0.15) is 0 Å². The summed E-state index contributed by atoms with van der Waals surface area (Å²) in [6.45, 7) is -0.821. The van der Waals surface area contributed by atoms with Gasteiger partial charge >= 0.3 is 0 Å². The van der Waals surface area contributed by atoms with Crippen LogP contribution < -0.4 is 5.32 Å². The fourth-order valence-corrected chi connectivity index (χ4v) is 1.50. The summed E-state index contributed by atoms with van der Waals surface area (Å²) in [5.74, 6) is -2.02. The number of amides is 1. The lowest BCUT2D eigenvalue weighted by Gasteiger charge is -2.25. The van der Waals surface area contributed by atoms with E-state index < -0.39 is 42.7 Å². The van der Waals surface area contributed by atoms with Crippen LogP contribution >= 0.6 is 0 Å². The van der Waals surface area contributed by atoms with Crippen molar-refractivity contribution in [3.05, 3.63) is 0 Å². The fourth-order valence-electron chi connectivity index (χ4n) is 1.50. The number of nitrogens with one attached hydrogen (secondary N) is 1. The van der Waals surface area contributed by atoms with Crippen LogP contribution in [0.25, 0.3) is 0 Å². The van der Waals surface area contributed by atoms with Crippen molar-refractivity contribution in [1.29, 1.82) is 0 Å². The van der Waals surface area contributed by atoms with Crippen molar-refractivity contribution in [2.24, 2.45) is 5.92 Å². The van der Waals surface area contributed by atoms with Gasteiger partial charge in [0.1, 0.15) is 30.6 Å². The van der Waals surface area contributed by atoms with Crippen LogP contribution in [0.15, 0.2) is 0 Å². The van der Waals surface area contributed by atoms with Gasteiger partial charge in [-0.3, -0.25) is 9.59 Å². The van der Waals surface area contributed by atoms with E-state index in [0.717, 1.165) is 0 Å². The minimum Gasteiger partial charge on any atom is -0.394 e. The van der Waals surface area contributed by atoms with E-state index in [1.807, 2.05) is 5.32 Å². The molecule has 0 aromatic carbocycles. The smallest absolute Gasteiger partial charge is 0.288 e. The number of ketones is 1. The molecule has 0 spiro atoms. The molecule has 1 amide bonds. The first-order valence-electron chi connectivity index (χ1n) is 5.87. The van der Waals surface area contributed by atoms with Crippen LogP contribution in [0.5, 0.6) is 0 Å². The minimum atomic E-state index is -1.82. The summed E-state index contributed by atoms with van der Waals surface area (Å²) < 4.78 is 0. The first-order valence-corrected chi connectivity index (χ1v) is 5.87. The van der Waals surface area contributed by atoms with E-state index in [4.69, 9.17) is 10.2 Å². The zero-order valence-electron chi connectivity index (χ0n) is 10.1. The van der Waals surface area contributed by atoms with Gasteiger partial charge in [0.05, 0.1) is 6.61 Å². The van der Waals surface area contributed by atoms with E-state index in [1.54, 1.807) is 0 Å². The van der Waals surface area contributed by atoms with E-state index in [9.17, 15) is 24.6 Å². The third kappa shape index (κ3) is 4.06. The molecule has 0 aromatic heterocycles. The van der Waals surface area contributed by atoms with Gasteiger partial charge in [0.2, 0.25) is 5.78 Å². The summed E-state index contributed by atoms with van der Waals surface area (Å²) in [7, 11) is 0. The predicted octanol–water partition coefficient (Wildman–Crippen LogP) is -3.28. The second kappa shape index (κ2) is 6.71. The number of hydrogen-bond acceptors (Lipinski definition) is 7. The van der Waals surface area contributed by atoms with E-state index in [0.29, 0.717) is 12.8 Å². The molecular formula is C11H17NO7. The Hall–Kier alpha value is -1.35. The Labute approximate surface area is 109 Å². The molecule has 1 fully saturated rings. The zero-order chi connectivity index (χ0) is 14.6. The molecule has 1 saturated carbocycles. The topological polar surface area (TPSA) is 144 Å². The van der Waals surface area contributed by atoms with Crippen molar-refractivity contribution in [2.45, 2.75) is 37.2 Å². The number of aliphatic hydroxyl groups is 4. The molecule has 0 bridgehead atoms. The highest BCUT2D eigenvalue weighted by molar-refractivity contribution is 6.37. The van der Waals surface area contributed by atoms with Gasteiger partial charge in [0.15, 0.2) is 0 Å². The van der Waals surface area contributed by atoms with Crippen LogP contribution in [0.4, 0.5) is 0 Å². The lowest BCUT2D eigenvalue weighted by atomic mass is 10.0. The maximum atomic E-state index is 11.4. The molecule has 0 saturated heterocycles. The van der Waals surface area contributed by atoms with Gasteiger partial charge in [-0.15, -0.1) is 0 Å². The molecule has 8 nitrogen and oxygen atoms in total. The second-order valence-corrected chi connectivity index (χ2v) is 4.50. The van der Waals surface area contributed by atoms with Crippen LogP contribution in [0.2, 0.25) is 0 Å². The van der Waals surface area contributed by atoms with Crippen LogP contribution in [0, 0.1) is 5.92 Å². The highest BCUT2D eigenvalue weighted by Crippen LogP contribution is 2.29. The summed E-state index contributed by atoms with van der Waals surface area (Å²) >= 11 is 0. The van der Waals surface area contributed by atoms with Crippen molar-refractivity contribution < 1.29 is 34.8 Å². The number of carbonyl (C=O) groups is 3. The molecule has 0 unspecified atom stereocenters. The van der Waals surface area contributed by atoms with E-state index in [-0.39, 0.29) is 12.2 Å². The third-order valence-corrected chi connectivity index (χ3v) is 2.92. The molecule has 0 aromatic rings. The SMILES string of the molecule is O=C[C@@H](NC(=O)C(=O)C1CC1)[C@@H](O)[C@H](O)[C@H](O)CO. The number of Topliss-reactive ketones (excluding diaryl/α,β-unsaturated/α-hetero) is 1. The molecule has 1 aliphatic rings. The van der Waals surface area contributed by atoms with Crippen molar-refractivity contribution in [3.63, 3.8) is 0 Å². The molecule has 108 valence electrons. The monoisotopic (exact) mass is 275 g/mol. The first kappa shape index (κ1) is 15.7. The number of hydrogen-bond donors (Lipinski definition) is 5. The van der Waals surface area contributed by atoms with E-state index >= 15 is 0 Å². The average molecular weight is 275 g/mol. The standard InChI is InChI=1S/C11H17NO7/c13-3-6(9(17)10(18)7(15)4-14)12-11(19)8(16)5-1-2-5/h3,5-7,9-10,14-15,17-18H,1-2,4H2,(H,12,19)/t6-,7-,9-,10-/m1/s1. The van der Waals surface area contributed by atoms with E-state index in [2.05, 4.69) is 0 Å². The Kier molecular flexibility index (Phi) is 5.55. The zero-order valence-corrected chi connectivity index (χ0v) is 10.1. The number of carbonyl (C=O) groups excluding carboxylic acids is 3. The number of aliphatic hydroxyl groups excluding tert-OH is 4. The molecular weight excluding hydrogens is 258 g/mol. The predicted molar refractivity (Wildman–Crippen MR) is 60.8 cm³/mol. The van der Waals surface area contributed by atoms with E-state index in [1.165, 1.54) is 0 Å². The Morgan fingerprint density at radius 2 is 1.79 bits per heavy atom. The van der Waals surface area contributed by atoms with Crippen LogP contribution in [-0.4, -0.2) is 69.4 Å².